The van der Waals surface area contributed by atoms with Crippen LogP contribution < -0.4 is 15.8 Å². The minimum atomic E-state index is -1.05. The van der Waals surface area contributed by atoms with Crippen LogP contribution in [0.15, 0.2) is 35.6 Å². The van der Waals surface area contributed by atoms with Crippen molar-refractivity contribution in [3.8, 4) is 5.88 Å². The van der Waals surface area contributed by atoms with Crippen molar-refractivity contribution in [2.24, 2.45) is 10.7 Å². The predicted molar refractivity (Wildman–Crippen MR) is 107 cm³/mol. The topological polar surface area (TPSA) is 112 Å². The van der Waals surface area contributed by atoms with E-state index in [-0.39, 0.29) is 22.4 Å². The molecule has 0 radical (unpaired) electrons. The molecule has 8 nitrogen and oxygen atoms in total. The van der Waals surface area contributed by atoms with Gasteiger partial charge in [-0.2, -0.15) is 0 Å². The second-order valence-corrected chi connectivity index (χ2v) is 7.12. The molecule has 0 spiro atoms. The van der Waals surface area contributed by atoms with Crippen LogP contribution in [0.4, 0.5) is 14.5 Å². The molecule has 0 fully saturated rings. The maximum atomic E-state index is 14.4. The lowest BCUT2D eigenvalue weighted by Crippen LogP contribution is -2.21. The summed E-state index contributed by atoms with van der Waals surface area (Å²) in [6, 6.07) is 4.12. The highest BCUT2D eigenvalue weighted by atomic mass is 32.2. The number of amidine groups is 1. The molecule has 1 amide bonds. The molecule has 1 aromatic carbocycles. The van der Waals surface area contributed by atoms with E-state index in [1.807, 2.05) is 6.92 Å². The summed E-state index contributed by atoms with van der Waals surface area (Å²) in [5.74, 6) is -1.10. The van der Waals surface area contributed by atoms with Gasteiger partial charge in [0.25, 0.3) is 5.91 Å². The van der Waals surface area contributed by atoms with E-state index >= 15 is 0 Å². The summed E-state index contributed by atoms with van der Waals surface area (Å²) in [5, 5.41) is 2.73. The maximum absolute atomic E-state index is 14.4. The number of aliphatic imine (C=N–C) groups is 1. The molecule has 29 heavy (non-hydrogen) atoms. The van der Waals surface area contributed by atoms with Crippen LogP contribution in [0.25, 0.3) is 0 Å². The zero-order chi connectivity index (χ0) is 21.4. The van der Waals surface area contributed by atoms with E-state index in [2.05, 4.69) is 25.0 Å². The minimum Gasteiger partial charge on any atom is -0.445 e. The molecule has 2 rings (SSSR count). The lowest BCUT2D eigenvalue weighted by atomic mass is 10.1. The lowest BCUT2D eigenvalue weighted by Gasteiger charge is -2.23. The van der Waals surface area contributed by atoms with Crippen molar-refractivity contribution >= 4 is 28.5 Å². The van der Waals surface area contributed by atoms with Crippen molar-refractivity contribution in [2.45, 2.75) is 18.3 Å². The van der Waals surface area contributed by atoms with Crippen molar-refractivity contribution in [2.75, 3.05) is 26.3 Å². The Kier molecular flexibility index (Phi) is 8.28. The second kappa shape index (κ2) is 10.7. The van der Waals surface area contributed by atoms with Crippen molar-refractivity contribution in [1.82, 2.24) is 9.97 Å². The predicted octanol–water partition coefficient (Wildman–Crippen LogP) is 2.93. The van der Waals surface area contributed by atoms with E-state index in [0.717, 1.165) is 12.4 Å². The summed E-state index contributed by atoms with van der Waals surface area (Å²) in [6.45, 7) is 0.782. The van der Waals surface area contributed by atoms with Gasteiger partial charge in [0, 0.05) is 30.7 Å². The SMILES string of the molecule is CN=C(N)S[C@H](C)[C@H](OC)c1cc(NC(=O)c2cnc(OCF)cn2)ccc1F. The smallest absolute Gasteiger partial charge is 0.275 e. The summed E-state index contributed by atoms with van der Waals surface area (Å²) >= 11 is 1.25. The average molecular weight is 425 g/mol. The number of ether oxygens (including phenoxy) is 2. The van der Waals surface area contributed by atoms with Crippen LogP contribution >= 0.6 is 11.8 Å². The van der Waals surface area contributed by atoms with E-state index in [1.165, 1.54) is 37.1 Å². The summed E-state index contributed by atoms with van der Waals surface area (Å²) in [7, 11) is 3.02. The molecule has 0 bridgehead atoms. The normalized spacial score (nSPS) is 13.6. The molecule has 0 saturated heterocycles. The quantitative estimate of drug-likeness (QED) is 0.494. The number of halogens is 2. The Morgan fingerprint density at radius 2 is 2.14 bits per heavy atom. The van der Waals surface area contributed by atoms with Crippen molar-refractivity contribution in [3.05, 3.63) is 47.7 Å². The fourth-order valence-corrected chi connectivity index (χ4v) is 3.34. The molecule has 1 heterocycles. The zero-order valence-electron chi connectivity index (χ0n) is 16.1. The van der Waals surface area contributed by atoms with Crippen LogP contribution in [0.1, 0.15) is 29.1 Å². The first-order chi connectivity index (χ1) is 13.9. The third kappa shape index (κ3) is 6.09. The van der Waals surface area contributed by atoms with Gasteiger partial charge in [0.2, 0.25) is 12.7 Å². The van der Waals surface area contributed by atoms with Gasteiger partial charge in [-0.05, 0) is 25.1 Å². The highest BCUT2D eigenvalue weighted by Crippen LogP contribution is 2.32. The van der Waals surface area contributed by atoms with Crippen molar-refractivity contribution < 1.29 is 23.0 Å². The number of nitrogens with zero attached hydrogens (tertiary/aromatic N) is 3. The third-order valence-corrected chi connectivity index (χ3v) is 4.87. The number of methoxy groups -OCH3 is 1. The van der Waals surface area contributed by atoms with Gasteiger partial charge in [0.05, 0.1) is 18.5 Å². The number of benzene rings is 1. The number of alkyl halides is 1. The number of carbonyl (C=O) groups is 1. The fraction of sp³-hybridized carbons (Fsp3) is 0.333. The largest absolute Gasteiger partial charge is 0.445 e. The van der Waals surface area contributed by atoms with Crippen LogP contribution in [0.3, 0.4) is 0 Å². The number of anilines is 1. The summed E-state index contributed by atoms with van der Waals surface area (Å²) in [5.41, 5.74) is 6.32. The number of aromatic nitrogens is 2. The first-order valence-electron chi connectivity index (χ1n) is 8.42. The third-order valence-electron chi connectivity index (χ3n) is 3.83. The number of rotatable bonds is 8. The molecule has 2 atom stereocenters. The van der Waals surface area contributed by atoms with Gasteiger partial charge in [0.15, 0.2) is 5.17 Å². The number of thioether (sulfide) groups is 1. The standard InChI is InChI=1S/C18H21F2N5O3S/c1-10(29-18(21)22-2)16(27-3)12-6-11(4-5-13(12)20)25-17(26)14-7-24-15(8-23-14)28-9-19/h4-8,10,16H,9H2,1-3H3,(H2,21,22)(H,25,26)/t10-,16+/m1/s1. The molecule has 0 aliphatic carbocycles. The van der Waals surface area contributed by atoms with Gasteiger partial charge in [0.1, 0.15) is 11.5 Å². The Hall–Kier alpha value is -2.79. The molecule has 0 aliphatic heterocycles. The van der Waals surface area contributed by atoms with Gasteiger partial charge in [-0.15, -0.1) is 0 Å². The zero-order valence-corrected chi connectivity index (χ0v) is 16.9. The lowest BCUT2D eigenvalue weighted by molar-refractivity contribution is 0.101. The Bertz CT molecular complexity index is 867. The first-order valence-corrected chi connectivity index (χ1v) is 9.30. The van der Waals surface area contributed by atoms with E-state index < -0.39 is 24.7 Å². The molecular formula is C18H21F2N5O3S. The van der Waals surface area contributed by atoms with Gasteiger partial charge in [-0.1, -0.05) is 11.8 Å². The highest BCUT2D eigenvalue weighted by Gasteiger charge is 2.24. The Morgan fingerprint density at radius 3 is 2.72 bits per heavy atom. The van der Waals surface area contributed by atoms with Crippen LogP contribution in [0.2, 0.25) is 0 Å². The van der Waals surface area contributed by atoms with E-state index in [0.29, 0.717) is 10.9 Å². The summed E-state index contributed by atoms with van der Waals surface area (Å²) < 4.78 is 36.5. The van der Waals surface area contributed by atoms with E-state index in [9.17, 15) is 13.6 Å². The molecule has 156 valence electrons. The minimum absolute atomic E-state index is 0.0128. The number of hydrogen-bond acceptors (Lipinski definition) is 7. The van der Waals surface area contributed by atoms with Gasteiger partial charge >= 0.3 is 0 Å². The highest BCUT2D eigenvalue weighted by molar-refractivity contribution is 8.14. The fourth-order valence-electron chi connectivity index (χ4n) is 2.47. The molecule has 1 aromatic heterocycles. The molecule has 0 unspecified atom stereocenters. The van der Waals surface area contributed by atoms with Crippen LogP contribution in [-0.2, 0) is 4.74 Å². The number of nitrogens with one attached hydrogen (secondary N) is 1. The Balaban J connectivity index is 2.19. The maximum Gasteiger partial charge on any atom is 0.275 e. The van der Waals surface area contributed by atoms with Gasteiger partial charge < -0.3 is 20.5 Å². The first kappa shape index (κ1) is 22.5. The number of carbonyl (C=O) groups excluding carboxylic acids is 1. The van der Waals surface area contributed by atoms with Crippen molar-refractivity contribution in [3.63, 3.8) is 0 Å². The molecule has 3 N–H and O–H groups in total. The number of amides is 1. The Labute approximate surface area is 170 Å². The van der Waals surface area contributed by atoms with Gasteiger partial charge in [-0.3, -0.25) is 9.79 Å². The monoisotopic (exact) mass is 425 g/mol. The van der Waals surface area contributed by atoms with Gasteiger partial charge in [-0.25, -0.2) is 18.7 Å². The summed E-state index contributed by atoms with van der Waals surface area (Å²) in [6.07, 6.45) is 1.65. The van der Waals surface area contributed by atoms with E-state index in [4.69, 9.17) is 10.5 Å². The molecule has 0 aliphatic rings. The second-order valence-electron chi connectivity index (χ2n) is 5.72. The molecule has 11 heteroatoms. The number of nitrogens with two attached hydrogens (primary N) is 1. The van der Waals surface area contributed by atoms with Crippen LogP contribution in [0, 0.1) is 5.82 Å². The van der Waals surface area contributed by atoms with Crippen LogP contribution in [-0.4, -0.2) is 47.3 Å². The average Bonchev–Trinajstić information content (AvgIpc) is 2.71. The van der Waals surface area contributed by atoms with Crippen LogP contribution in [0.5, 0.6) is 5.88 Å². The number of hydrogen-bond donors (Lipinski definition) is 2. The molecular weight excluding hydrogens is 404 g/mol. The molecule has 2 aromatic rings. The van der Waals surface area contributed by atoms with E-state index in [1.54, 1.807) is 7.05 Å². The molecule has 0 saturated carbocycles. The van der Waals surface area contributed by atoms with Crippen molar-refractivity contribution in [1.29, 1.82) is 0 Å². The summed E-state index contributed by atoms with van der Waals surface area (Å²) in [4.78, 5) is 23.9. The Morgan fingerprint density at radius 1 is 1.38 bits per heavy atom.